The number of aromatic nitrogens is 2. The van der Waals surface area contributed by atoms with E-state index in [1.807, 2.05) is 30.9 Å². The largest absolute Gasteiger partial charge is 0.497 e. The smallest absolute Gasteiger partial charge is 0.237 e. The number of benzene rings is 1. The van der Waals surface area contributed by atoms with Gasteiger partial charge in [0, 0.05) is 25.9 Å². The van der Waals surface area contributed by atoms with Crippen LogP contribution in [0.3, 0.4) is 0 Å². The second-order valence-corrected chi connectivity index (χ2v) is 9.09. The highest BCUT2D eigenvalue weighted by molar-refractivity contribution is 5.73. The normalized spacial score (nSPS) is 18.9. The zero-order valence-electron chi connectivity index (χ0n) is 17.9. The summed E-state index contributed by atoms with van der Waals surface area (Å²) in [7, 11) is 1.68. The van der Waals surface area contributed by atoms with Crippen LogP contribution < -0.4 is 4.74 Å². The summed E-state index contributed by atoms with van der Waals surface area (Å²) >= 11 is 0. The van der Waals surface area contributed by atoms with Gasteiger partial charge in [-0.25, -0.2) is 0 Å². The lowest BCUT2D eigenvalue weighted by Crippen LogP contribution is -2.53. The van der Waals surface area contributed by atoms with Crippen LogP contribution in [0.4, 0.5) is 0 Å². The van der Waals surface area contributed by atoms with E-state index in [2.05, 4.69) is 17.3 Å². The summed E-state index contributed by atoms with van der Waals surface area (Å²) in [6, 6.07) is 8.44. The minimum Gasteiger partial charge on any atom is -0.497 e. The van der Waals surface area contributed by atoms with Crippen molar-refractivity contribution in [2.75, 3.05) is 13.7 Å². The highest BCUT2D eigenvalue weighted by atomic mass is 16.5. The Morgan fingerprint density at radius 1 is 1.24 bits per heavy atom. The number of hydrogen-bond donors (Lipinski definition) is 0. The third-order valence-electron chi connectivity index (χ3n) is 6.89. The zero-order valence-corrected chi connectivity index (χ0v) is 17.9. The van der Waals surface area contributed by atoms with E-state index in [1.165, 1.54) is 24.8 Å². The number of hydrogen-bond acceptors (Lipinski definition) is 5. The molecule has 0 aliphatic heterocycles. The quantitative estimate of drug-likeness (QED) is 0.703. The molecule has 2 aliphatic carbocycles. The van der Waals surface area contributed by atoms with E-state index in [4.69, 9.17) is 14.2 Å². The van der Waals surface area contributed by atoms with Gasteiger partial charge in [0.2, 0.25) is 11.8 Å². The van der Waals surface area contributed by atoms with E-state index in [1.54, 1.807) is 14.0 Å². The third kappa shape index (κ3) is 3.53. The first-order valence-electron chi connectivity index (χ1n) is 10.6. The van der Waals surface area contributed by atoms with E-state index in [0.717, 1.165) is 18.6 Å². The Morgan fingerprint density at radius 2 is 1.93 bits per heavy atom. The van der Waals surface area contributed by atoms with Gasteiger partial charge < -0.3 is 14.2 Å². The van der Waals surface area contributed by atoms with Crippen LogP contribution in [0.2, 0.25) is 0 Å². The number of nitrogens with zero attached hydrogens (tertiary/aromatic N) is 3. The van der Waals surface area contributed by atoms with Crippen molar-refractivity contribution in [3.05, 3.63) is 41.5 Å². The van der Waals surface area contributed by atoms with Crippen molar-refractivity contribution in [2.24, 2.45) is 5.41 Å². The SMILES string of the molecule is COc1ccc(C2(c3nc(CCN(C(C)=O)C(C)C)no3)CC3(CCC3)C2)cc1. The zero-order chi connectivity index (χ0) is 20.6. The van der Waals surface area contributed by atoms with Crippen LogP contribution in [0.15, 0.2) is 28.8 Å². The maximum Gasteiger partial charge on any atom is 0.237 e. The molecule has 4 rings (SSSR count). The van der Waals surface area contributed by atoms with Gasteiger partial charge in [0.1, 0.15) is 5.75 Å². The molecular weight excluding hydrogens is 366 g/mol. The summed E-state index contributed by atoms with van der Waals surface area (Å²) in [5.74, 6) is 2.32. The second-order valence-electron chi connectivity index (χ2n) is 9.09. The number of methoxy groups -OCH3 is 1. The lowest BCUT2D eigenvalue weighted by atomic mass is 9.43. The highest BCUT2D eigenvalue weighted by Crippen LogP contribution is 2.66. The maximum atomic E-state index is 11.8. The maximum absolute atomic E-state index is 11.8. The average Bonchev–Trinajstić information content (AvgIpc) is 3.09. The lowest BCUT2D eigenvalue weighted by molar-refractivity contribution is -0.130. The second kappa shape index (κ2) is 7.47. The van der Waals surface area contributed by atoms with Crippen molar-refractivity contribution in [1.29, 1.82) is 0 Å². The summed E-state index contributed by atoms with van der Waals surface area (Å²) in [6.07, 6.45) is 6.66. The first kappa shape index (κ1) is 19.9. The van der Waals surface area contributed by atoms with Crippen molar-refractivity contribution in [1.82, 2.24) is 15.0 Å². The Labute approximate surface area is 172 Å². The number of rotatable bonds is 7. The molecule has 2 fully saturated rings. The summed E-state index contributed by atoms with van der Waals surface area (Å²) in [5.41, 5.74) is 1.48. The topological polar surface area (TPSA) is 68.5 Å². The number of carbonyl (C=O) groups is 1. The van der Waals surface area contributed by atoms with Gasteiger partial charge in [-0.15, -0.1) is 0 Å². The molecule has 0 atom stereocenters. The van der Waals surface area contributed by atoms with Crippen LogP contribution in [0.5, 0.6) is 5.75 Å². The van der Waals surface area contributed by atoms with Crippen molar-refractivity contribution in [3.8, 4) is 5.75 Å². The molecule has 6 nitrogen and oxygen atoms in total. The average molecular weight is 398 g/mol. The van der Waals surface area contributed by atoms with Crippen molar-refractivity contribution in [3.63, 3.8) is 0 Å². The van der Waals surface area contributed by atoms with Crippen LogP contribution in [0.1, 0.15) is 70.2 Å². The number of amides is 1. The summed E-state index contributed by atoms with van der Waals surface area (Å²) in [5, 5.41) is 4.26. The molecule has 2 saturated carbocycles. The molecule has 0 unspecified atom stereocenters. The first-order chi connectivity index (χ1) is 13.9. The molecule has 2 aliphatic rings. The van der Waals surface area contributed by atoms with Gasteiger partial charge in [-0.1, -0.05) is 23.7 Å². The monoisotopic (exact) mass is 397 g/mol. The van der Waals surface area contributed by atoms with Crippen LogP contribution in [-0.2, 0) is 16.6 Å². The fraction of sp³-hybridized carbons (Fsp3) is 0.609. The van der Waals surface area contributed by atoms with Crippen molar-refractivity contribution < 1.29 is 14.1 Å². The molecule has 0 saturated heterocycles. The van der Waals surface area contributed by atoms with E-state index in [0.29, 0.717) is 30.1 Å². The van der Waals surface area contributed by atoms with Crippen molar-refractivity contribution >= 4 is 5.91 Å². The Hall–Kier alpha value is -2.37. The predicted molar refractivity (Wildman–Crippen MR) is 110 cm³/mol. The fourth-order valence-corrected chi connectivity index (χ4v) is 5.20. The lowest BCUT2D eigenvalue weighted by Gasteiger charge is -2.59. The van der Waals surface area contributed by atoms with Crippen molar-refractivity contribution in [2.45, 2.75) is 70.8 Å². The van der Waals surface area contributed by atoms with Crippen LogP contribution in [0, 0.1) is 5.41 Å². The molecule has 0 radical (unpaired) electrons. The van der Waals surface area contributed by atoms with E-state index >= 15 is 0 Å². The van der Waals surface area contributed by atoms with Gasteiger partial charge >= 0.3 is 0 Å². The minimum atomic E-state index is -0.198. The fourth-order valence-electron chi connectivity index (χ4n) is 5.20. The minimum absolute atomic E-state index is 0.0735. The van der Waals surface area contributed by atoms with E-state index < -0.39 is 0 Å². The third-order valence-corrected chi connectivity index (χ3v) is 6.89. The molecule has 6 heteroatoms. The van der Waals surface area contributed by atoms with Crippen LogP contribution in [-0.4, -0.2) is 40.6 Å². The number of carbonyl (C=O) groups excluding carboxylic acids is 1. The molecule has 29 heavy (non-hydrogen) atoms. The van der Waals surface area contributed by atoms with Gasteiger partial charge in [0.25, 0.3) is 0 Å². The molecule has 1 amide bonds. The molecule has 0 bridgehead atoms. The standard InChI is InChI=1S/C23H31N3O3/c1-16(2)26(17(3)27)13-10-20-24-21(29-25-20)23(14-22(15-23)11-5-12-22)18-6-8-19(28-4)9-7-18/h6-9,16H,5,10-15H2,1-4H3. The Kier molecular flexibility index (Phi) is 5.13. The van der Waals surface area contributed by atoms with E-state index in [-0.39, 0.29) is 17.4 Å². The van der Waals surface area contributed by atoms with Gasteiger partial charge in [0.15, 0.2) is 5.82 Å². The van der Waals surface area contributed by atoms with Gasteiger partial charge in [-0.2, -0.15) is 4.98 Å². The molecule has 156 valence electrons. The summed E-state index contributed by atoms with van der Waals surface area (Å²) in [6.45, 7) is 6.25. The Bertz CT molecular complexity index is 860. The van der Waals surface area contributed by atoms with Crippen LogP contribution >= 0.6 is 0 Å². The van der Waals surface area contributed by atoms with Gasteiger partial charge in [0.05, 0.1) is 12.5 Å². The van der Waals surface area contributed by atoms with Crippen LogP contribution in [0.25, 0.3) is 0 Å². The molecular formula is C23H31N3O3. The Balaban J connectivity index is 1.55. The molecule has 0 N–H and O–H groups in total. The first-order valence-corrected chi connectivity index (χ1v) is 10.6. The molecule has 1 heterocycles. The molecule has 1 aromatic heterocycles. The predicted octanol–water partition coefficient (Wildman–Crippen LogP) is 4.13. The molecule has 1 spiro atoms. The molecule has 1 aromatic carbocycles. The number of ether oxygens (including phenoxy) is 1. The highest BCUT2D eigenvalue weighted by Gasteiger charge is 2.61. The summed E-state index contributed by atoms with van der Waals surface area (Å²) < 4.78 is 11.1. The molecule has 2 aromatic rings. The van der Waals surface area contributed by atoms with Gasteiger partial charge in [-0.3, -0.25) is 4.79 Å². The summed E-state index contributed by atoms with van der Waals surface area (Å²) in [4.78, 5) is 18.5. The van der Waals surface area contributed by atoms with E-state index in [9.17, 15) is 4.79 Å². The Morgan fingerprint density at radius 3 is 2.45 bits per heavy atom. The van der Waals surface area contributed by atoms with Gasteiger partial charge in [-0.05, 0) is 62.6 Å².